The number of nitrogens with one attached hydrogen (secondary N) is 1. The van der Waals surface area contributed by atoms with Crippen LogP contribution in [0.4, 0.5) is 13.2 Å². The van der Waals surface area contributed by atoms with Gasteiger partial charge in [0.05, 0.1) is 7.11 Å². The number of alkyl halides is 3. The fraction of sp³-hybridized carbons (Fsp3) is 0.500. The lowest BCUT2D eigenvalue weighted by Gasteiger charge is -2.47. The van der Waals surface area contributed by atoms with Crippen LogP contribution in [0.1, 0.15) is 56.6 Å². The smallest absolute Gasteiger partial charge is 0.490 e. The summed E-state index contributed by atoms with van der Waals surface area (Å²) in [6, 6.07) is 16.7. The van der Waals surface area contributed by atoms with E-state index >= 15 is 0 Å². The van der Waals surface area contributed by atoms with Crippen molar-refractivity contribution in [2.45, 2.75) is 69.8 Å². The molecule has 4 rings (SSSR count). The lowest BCUT2D eigenvalue weighted by Crippen LogP contribution is -2.50. The second-order valence-electron chi connectivity index (χ2n) is 10.1. The molecule has 1 fully saturated rings. The van der Waals surface area contributed by atoms with E-state index in [1.807, 2.05) is 38.1 Å². The molecule has 1 unspecified atom stereocenters. The Labute approximate surface area is 220 Å². The minimum absolute atomic E-state index is 0.129. The first-order valence-electron chi connectivity index (χ1n) is 12.6. The number of benzene rings is 2. The Bertz CT molecular complexity index is 1080. The van der Waals surface area contributed by atoms with Crippen LogP contribution in [-0.2, 0) is 16.1 Å². The molecule has 0 bridgehead atoms. The predicted molar refractivity (Wildman–Crippen MR) is 136 cm³/mol. The molecule has 2 aromatic carbocycles. The van der Waals surface area contributed by atoms with E-state index in [1.54, 1.807) is 7.11 Å². The summed E-state index contributed by atoms with van der Waals surface area (Å²) in [5.41, 5.74) is 2.30. The highest BCUT2D eigenvalue weighted by Gasteiger charge is 2.43. The van der Waals surface area contributed by atoms with Crippen LogP contribution >= 0.6 is 0 Å². The van der Waals surface area contributed by atoms with Crippen LogP contribution in [0.5, 0.6) is 11.5 Å². The zero-order valence-corrected chi connectivity index (χ0v) is 21.9. The summed E-state index contributed by atoms with van der Waals surface area (Å²) in [7, 11) is 1.70. The van der Waals surface area contributed by atoms with Gasteiger partial charge in [-0.3, -0.25) is 9.69 Å². The number of methoxy groups -OCH3 is 1. The summed E-state index contributed by atoms with van der Waals surface area (Å²) in [6.07, 6.45) is -1.68. The van der Waals surface area contributed by atoms with Crippen molar-refractivity contribution in [1.29, 1.82) is 0 Å². The number of carboxylic acids is 1. The number of aliphatic carboxylic acids is 1. The Morgan fingerprint density at radius 3 is 2.29 bits per heavy atom. The van der Waals surface area contributed by atoms with Crippen LogP contribution in [0.3, 0.4) is 0 Å². The minimum atomic E-state index is -5.08. The number of rotatable bonds is 6. The monoisotopic (exact) mass is 536 g/mol. The van der Waals surface area contributed by atoms with Crippen LogP contribution in [0.15, 0.2) is 48.5 Å². The lowest BCUT2D eigenvalue weighted by molar-refractivity contribution is -0.192. The van der Waals surface area contributed by atoms with Crippen molar-refractivity contribution in [3.63, 3.8) is 0 Å². The van der Waals surface area contributed by atoms with E-state index in [-0.39, 0.29) is 23.5 Å². The number of amides is 1. The van der Waals surface area contributed by atoms with E-state index in [0.29, 0.717) is 6.42 Å². The maximum atomic E-state index is 12.5. The van der Waals surface area contributed by atoms with Gasteiger partial charge in [0.15, 0.2) is 0 Å². The average Bonchev–Trinajstić information content (AvgIpc) is 2.85. The Morgan fingerprint density at radius 1 is 1.13 bits per heavy atom. The Balaban J connectivity index is 0.000000505. The number of nitrogens with zero attached hydrogens (tertiary/aromatic N) is 1. The van der Waals surface area contributed by atoms with Crippen molar-refractivity contribution in [2.24, 2.45) is 0 Å². The van der Waals surface area contributed by atoms with Gasteiger partial charge >= 0.3 is 12.1 Å². The first-order chi connectivity index (χ1) is 17.9. The number of piperidine rings is 1. The summed E-state index contributed by atoms with van der Waals surface area (Å²) in [5.74, 6) is -0.573. The van der Waals surface area contributed by atoms with Crippen molar-refractivity contribution in [2.75, 3.05) is 20.2 Å². The number of carbonyl (C=O) groups is 2. The molecule has 0 aromatic heterocycles. The maximum Gasteiger partial charge on any atom is 0.490 e. The van der Waals surface area contributed by atoms with E-state index in [1.165, 1.54) is 11.1 Å². The van der Waals surface area contributed by atoms with Crippen LogP contribution in [-0.4, -0.2) is 59.9 Å². The highest BCUT2D eigenvalue weighted by Crippen LogP contribution is 2.46. The minimum Gasteiger partial charge on any atom is -0.497 e. The van der Waals surface area contributed by atoms with E-state index in [2.05, 4.69) is 34.5 Å². The van der Waals surface area contributed by atoms with Crippen molar-refractivity contribution in [1.82, 2.24) is 10.2 Å². The number of likely N-dealkylation sites (tertiary alicyclic amines) is 1. The number of carbonyl (C=O) groups excluding carboxylic acids is 1. The highest BCUT2D eigenvalue weighted by molar-refractivity contribution is 5.77. The SMILES string of the molecule is COc1ccc(CN2CCC3(CC2)CC(CC(=O)NC(C)C)c2ccccc2O3)cc1.O=C(O)C(F)(F)F. The quantitative estimate of drug-likeness (QED) is 0.532. The van der Waals surface area contributed by atoms with Gasteiger partial charge in [0.2, 0.25) is 5.91 Å². The zero-order valence-electron chi connectivity index (χ0n) is 21.9. The number of halogens is 3. The van der Waals surface area contributed by atoms with Crippen molar-refractivity contribution >= 4 is 11.9 Å². The number of para-hydroxylation sites is 1. The third-order valence-corrected chi connectivity index (χ3v) is 6.76. The second kappa shape index (κ2) is 12.5. The van der Waals surface area contributed by atoms with Gasteiger partial charge in [-0.2, -0.15) is 13.2 Å². The van der Waals surface area contributed by atoms with Gasteiger partial charge < -0.3 is 19.9 Å². The van der Waals surface area contributed by atoms with Gasteiger partial charge in [0.25, 0.3) is 0 Å². The van der Waals surface area contributed by atoms with E-state index in [4.69, 9.17) is 19.4 Å². The normalized spacial score (nSPS) is 18.6. The molecule has 2 aromatic rings. The summed E-state index contributed by atoms with van der Waals surface area (Å²) in [4.78, 5) is 23.9. The van der Waals surface area contributed by atoms with Crippen LogP contribution in [0.2, 0.25) is 0 Å². The lowest BCUT2D eigenvalue weighted by atomic mass is 9.76. The van der Waals surface area contributed by atoms with Crippen LogP contribution < -0.4 is 14.8 Å². The fourth-order valence-corrected chi connectivity index (χ4v) is 4.95. The number of hydrogen-bond acceptors (Lipinski definition) is 5. The number of ether oxygens (including phenoxy) is 2. The molecule has 2 aliphatic rings. The maximum absolute atomic E-state index is 12.5. The summed E-state index contributed by atoms with van der Waals surface area (Å²) in [6.45, 7) is 6.96. The van der Waals surface area contributed by atoms with E-state index < -0.39 is 12.1 Å². The predicted octanol–water partition coefficient (Wildman–Crippen LogP) is 5.14. The average molecular weight is 537 g/mol. The Hall–Kier alpha value is -3.27. The van der Waals surface area contributed by atoms with E-state index in [0.717, 1.165) is 50.4 Å². The molecule has 38 heavy (non-hydrogen) atoms. The molecule has 2 heterocycles. The molecule has 1 atom stereocenters. The van der Waals surface area contributed by atoms with Crippen molar-refractivity contribution in [3.05, 3.63) is 59.7 Å². The van der Waals surface area contributed by atoms with Gasteiger partial charge in [0.1, 0.15) is 17.1 Å². The van der Waals surface area contributed by atoms with Crippen LogP contribution in [0, 0.1) is 0 Å². The molecule has 208 valence electrons. The summed E-state index contributed by atoms with van der Waals surface area (Å²) < 4.78 is 43.6. The largest absolute Gasteiger partial charge is 0.497 e. The highest BCUT2D eigenvalue weighted by atomic mass is 19.4. The van der Waals surface area contributed by atoms with Gasteiger partial charge in [0, 0.05) is 38.0 Å². The molecule has 7 nitrogen and oxygen atoms in total. The molecule has 1 saturated heterocycles. The van der Waals surface area contributed by atoms with Crippen molar-refractivity contribution < 1.29 is 37.3 Å². The molecule has 0 saturated carbocycles. The molecule has 10 heteroatoms. The third kappa shape index (κ3) is 8.11. The first-order valence-corrected chi connectivity index (χ1v) is 12.6. The Kier molecular flexibility index (Phi) is 9.65. The van der Waals surface area contributed by atoms with Gasteiger partial charge in [-0.1, -0.05) is 30.3 Å². The van der Waals surface area contributed by atoms with E-state index in [9.17, 15) is 18.0 Å². The van der Waals surface area contributed by atoms with Crippen LogP contribution in [0.25, 0.3) is 0 Å². The fourth-order valence-electron chi connectivity index (χ4n) is 4.95. The molecular weight excluding hydrogens is 501 g/mol. The molecule has 2 aliphatic heterocycles. The summed E-state index contributed by atoms with van der Waals surface area (Å²) in [5, 5.41) is 10.2. The third-order valence-electron chi connectivity index (χ3n) is 6.76. The molecule has 0 aliphatic carbocycles. The number of hydrogen-bond donors (Lipinski definition) is 2. The zero-order chi connectivity index (χ0) is 27.9. The van der Waals surface area contributed by atoms with Gasteiger partial charge in [-0.05, 0) is 62.4 Å². The topological polar surface area (TPSA) is 88.1 Å². The summed E-state index contributed by atoms with van der Waals surface area (Å²) >= 11 is 0. The molecular formula is C28H35F3N2O5. The molecule has 1 spiro atoms. The second-order valence-corrected chi connectivity index (χ2v) is 10.1. The number of fused-ring (bicyclic) bond motifs is 1. The Morgan fingerprint density at radius 2 is 1.74 bits per heavy atom. The van der Waals surface area contributed by atoms with Crippen molar-refractivity contribution in [3.8, 4) is 11.5 Å². The molecule has 0 radical (unpaired) electrons. The first kappa shape index (κ1) is 29.3. The standard InChI is InChI=1S/C26H34N2O3.C2HF3O2/c1-19(2)27-25(29)16-21-17-26(31-24-7-5-4-6-23(21)24)12-14-28(15-13-26)18-20-8-10-22(30-3)11-9-20;3-2(4,5)1(6)7/h4-11,19,21H,12-18H2,1-3H3,(H,27,29);(H,6,7). The van der Waals surface area contributed by atoms with Gasteiger partial charge in [-0.15, -0.1) is 0 Å². The van der Waals surface area contributed by atoms with Gasteiger partial charge in [-0.25, -0.2) is 4.79 Å². The molecule has 1 amide bonds. The number of carboxylic acid groups (broad SMARTS) is 1. The molecule has 2 N–H and O–H groups in total.